The first kappa shape index (κ1) is 11.0. The van der Waals surface area contributed by atoms with Gasteiger partial charge in [0.05, 0.1) is 0 Å². The second kappa shape index (κ2) is 4.42. The number of pyridine rings is 1. The SMILES string of the molecule is CN(c1ccccn1)C(C)(C)CCO. The van der Waals surface area contributed by atoms with Crippen molar-refractivity contribution in [2.24, 2.45) is 0 Å². The Kier molecular flexibility index (Phi) is 3.47. The van der Waals surface area contributed by atoms with Crippen LogP contribution < -0.4 is 4.90 Å². The van der Waals surface area contributed by atoms with Gasteiger partial charge in [0.15, 0.2) is 0 Å². The zero-order valence-electron chi connectivity index (χ0n) is 9.07. The standard InChI is InChI=1S/C11H18N2O/c1-11(2,7-9-14)13(3)10-6-4-5-8-12-10/h4-6,8,14H,7,9H2,1-3H3. The molecule has 0 aliphatic heterocycles. The molecule has 78 valence electrons. The Labute approximate surface area is 85.4 Å². The first-order valence-electron chi connectivity index (χ1n) is 4.83. The third-order valence-electron chi connectivity index (χ3n) is 2.62. The van der Waals surface area contributed by atoms with E-state index in [4.69, 9.17) is 5.11 Å². The van der Waals surface area contributed by atoms with Crippen LogP contribution in [-0.2, 0) is 0 Å². The molecule has 0 fully saturated rings. The van der Waals surface area contributed by atoms with Crippen molar-refractivity contribution in [1.29, 1.82) is 0 Å². The molecule has 0 saturated heterocycles. The van der Waals surface area contributed by atoms with Gasteiger partial charge in [-0.2, -0.15) is 0 Å². The lowest BCUT2D eigenvalue weighted by atomic mass is 9.99. The van der Waals surface area contributed by atoms with Crippen LogP contribution in [0.2, 0.25) is 0 Å². The molecule has 1 rings (SSSR count). The minimum Gasteiger partial charge on any atom is -0.396 e. The molecule has 1 heterocycles. The fraction of sp³-hybridized carbons (Fsp3) is 0.545. The Morgan fingerprint density at radius 2 is 2.14 bits per heavy atom. The predicted octanol–water partition coefficient (Wildman–Crippen LogP) is 1.68. The molecule has 1 aromatic heterocycles. The molecular formula is C11H18N2O. The molecule has 1 N–H and O–H groups in total. The van der Waals surface area contributed by atoms with Crippen molar-refractivity contribution in [3.05, 3.63) is 24.4 Å². The summed E-state index contributed by atoms with van der Waals surface area (Å²) < 4.78 is 0. The van der Waals surface area contributed by atoms with Crippen molar-refractivity contribution in [3.8, 4) is 0 Å². The minimum absolute atomic E-state index is 0.0664. The summed E-state index contributed by atoms with van der Waals surface area (Å²) in [4.78, 5) is 6.36. The summed E-state index contributed by atoms with van der Waals surface area (Å²) in [6, 6.07) is 5.84. The van der Waals surface area contributed by atoms with E-state index in [1.165, 1.54) is 0 Å². The van der Waals surface area contributed by atoms with Gasteiger partial charge in [-0.05, 0) is 32.4 Å². The fourth-order valence-electron chi connectivity index (χ4n) is 1.30. The van der Waals surface area contributed by atoms with E-state index in [1.807, 2.05) is 25.2 Å². The van der Waals surface area contributed by atoms with Gasteiger partial charge in [0, 0.05) is 25.4 Å². The molecule has 0 bridgehead atoms. The number of aliphatic hydroxyl groups excluding tert-OH is 1. The van der Waals surface area contributed by atoms with Crippen molar-refractivity contribution in [1.82, 2.24) is 4.98 Å². The van der Waals surface area contributed by atoms with E-state index in [2.05, 4.69) is 23.7 Å². The smallest absolute Gasteiger partial charge is 0.128 e. The first-order valence-corrected chi connectivity index (χ1v) is 4.83. The van der Waals surface area contributed by atoms with Crippen LogP contribution in [0, 0.1) is 0 Å². The summed E-state index contributed by atoms with van der Waals surface area (Å²) >= 11 is 0. The topological polar surface area (TPSA) is 36.4 Å². The van der Waals surface area contributed by atoms with Gasteiger partial charge in [0.2, 0.25) is 0 Å². The Bertz CT molecular complexity index is 272. The summed E-state index contributed by atoms with van der Waals surface area (Å²) in [6.07, 6.45) is 2.51. The normalized spacial score (nSPS) is 11.4. The maximum atomic E-state index is 8.95. The number of aliphatic hydroxyl groups is 1. The van der Waals surface area contributed by atoms with E-state index < -0.39 is 0 Å². The lowest BCUT2D eigenvalue weighted by Gasteiger charge is -2.36. The molecule has 0 atom stereocenters. The molecule has 0 unspecified atom stereocenters. The maximum Gasteiger partial charge on any atom is 0.128 e. The highest BCUT2D eigenvalue weighted by Crippen LogP contribution is 2.22. The second-order valence-electron chi connectivity index (χ2n) is 4.03. The van der Waals surface area contributed by atoms with Gasteiger partial charge in [0.1, 0.15) is 5.82 Å². The highest BCUT2D eigenvalue weighted by atomic mass is 16.3. The number of hydrogen-bond acceptors (Lipinski definition) is 3. The van der Waals surface area contributed by atoms with Crippen LogP contribution >= 0.6 is 0 Å². The first-order chi connectivity index (χ1) is 6.58. The van der Waals surface area contributed by atoms with Gasteiger partial charge in [-0.1, -0.05) is 6.07 Å². The van der Waals surface area contributed by atoms with Crippen molar-refractivity contribution in [3.63, 3.8) is 0 Å². The molecule has 0 aliphatic carbocycles. The van der Waals surface area contributed by atoms with E-state index in [0.717, 1.165) is 12.2 Å². The largest absolute Gasteiger partial charge is 0.396 e. The van der Waals surface area contributed by atoms with Gasteiger partial charge < -0.3 is 10.0 Å². The zero-order valence-corrected chi connectivity index (χ0v) is 9.07. The molecule has 0 saturated carbocycles. The summed E-state index contributed by atoms with van der Waals surface area (Å²) in [6.45, 7) is 4.39. The quantitative estimate of drug-likeness (QED) is 0.792. The molecular weight excluding hydrogens is 176 g/mol. The van der Waals surface area contributed by atoms with E-state index >= 15 is 0 Å². The van der Waals surface area contributed by atoms with Gasteiger partial charge in [-0.25, -0.2) is 4.98 Å². The van der Waals surface area contributed by atoms with E-state index in [1.54, 1.807) is 6.20 Å². The fourth-order valence-corrected chi connectivity index (χ4v) is 1.30. The van der Waals surface area contributed by atoms with Crippen LogP contribution in [0.5, 0.6) is 0 Å². The second-order valence-corrected chi connectivity index (χ2v) is 4.03. The Balaban J connectivity index is 2.79. The van der Waals surface area contributed by atoms with E-state index in [0.29, 0.717) is 0 Å². The van der Waals surface area contributed by atoms with Crippen LogP contribution in [0.4, 0.5) is 5.82 Å². The third-order valence-corrected chi connectivity index (χ3v) is 2.62. The number of rotatable bonds is 4. The summed E-state index contributed by atoms with van der Waals surface area (Å²) in [5, 5.41) is 8.95. The van der Waals surface area contributed by atoms with Crippen LogP contribution in [0.3, 0.4) is 0 Å². The molecule has 0 amide bonds. The van der Waals surface area contributed by atoms with Gasteiger partial charge in [0.25, 0.3) is 0 Å². The van der Waals surface area contributed by atoms with Gasteiger partial charge in [-0.3, -0.25) is 0 Å². The lowest BCUT2D eigenvalue weighted by Crippen LogP contribution is -2.42. The minimum atomic E-state index is -0.0664. The molecule has 0 spiro atoms. The molecule has 3 heteroatoms. The van der Waals surface area contributed by atoms with Crippen molar-refractivity contribution in [2.75, 3.05) is 18.6 Å². The molecule has 0 aliphatic rings. The maximum absolute atomic E-state index is 8.95. The van der Waals surface area contributed by atoms with E-state index in [-0.39, 0.29) is 12.1 Å². The Morgan fingerprint density at radius 1 is 1.43 bits per heavy atom. The Hall–Kier alpha value is -1.09. The van der Waals surface area contributed by atoms with Crippen LogP contribution in [-0.4, -0.2) is 29.3 Å². The molecule has 1 aromatic rings. The summed E-state index contributed by atoms with van der Waals surface area (Å²) in [5.74, 6) is 0.936. The van der Waals surface area contributed by atoms with E-state index in [9.17, 15) is 0 Å². The van der Waals surface area contributed by atoms with Crippen molar-refractivity contribution < 1.29 is 5.11 Å². The lowest BCUT2D eigenvalue weighted by molar-refractivity contribution is 0.250. The highest BCUT2D eigenvalue weighted by Gasteiger charge is 2.23. The molecule has 3 nitrogen and oxygen atoms in total. The zero-order chi connectivity index (χ0) is 10.6. The molecule has 14 heavy (non-hydrogen) atoms. The van der Waals surface area contributed by atoms with Crippen molar-refractivity contribution >= 4 is 5.82 Å². The number of aromatic nitrogens is 1. The van der Waals surface area contributed by atoms with Crippen LogP contribution in [0.25, 0.3) is 0 Å². The van der Waals surface area contributed by atoms with Gasteiger partial charge in [-0.15, -0.1) is 0 Å². The van der Waals surface area contributed by atoms with Crippen molar-refractivity contribution in [2.45, 2.75) is 25.8 Å². The predicted molar refractivity (Wildman–Crippen MR) is 58.4 cm³/mol. The number of anilines is 1. The molecule has 0 aromatic carbocycles. The monoisotopic (exact) mass is 194 g/mol. The Morgan fingerprint density at radius 3 is 2.64 bits per heavy atom. The summed E-state index contributed by atoms with van der Waals surface area (Å²) in [5.41, 5.74) is -0.0664. The summed E-state index contributed by atoms with van der Waals surface area (Å²) in [7, 11) is 2.00. The van der Waals surface area contributed by atoms with Crippen LogP contribution in [0.15, 0.2) is 24.4 Å². The average Bonchev–Trinajstić information content (AvgIpc) is 2.18. The highest BCUT2D eigenvalue weighted by molar-refractivity contribution is 5.39. The molecule has 0 radical (unpaired) electrons. The number of nitrogens with zero attached hydrogens (tertiary/aromatic N) is 2. The van der Waals surface area contributed by atoms with Gasteiger partial charge >= 0.3 is 0 Å². The third kappa shape index (κ3) is 2.45. The average molecular weight is 194 g/mol. The number of hydrogen-bond donors (Lipinski definition) is 1. The van der Waals surface area contributed by atoms with Crippen LogP contribution in [0.1, 0.15) is 20.3 Å².